The molecule has 7 nitrogen and oxygen atoms in total. The molecule has 0 aliphatic carbocycles. The predicted molar refractivity (Wildman–Crippen MR) is 116 cm³/mol. The van der Waals surface area contributed by atoms with Crippen LogP contribution in [0.3, 0.4) is 0 Å². The van der Waals surface area contributed by atoms with E-state index in [9.17, 15) is 18.8 Å². The number of hydrogen-bond donors (Lipinski definition) is 3. The molecule has 31 heavy (non-hydrogen) atoms. The van der Waals surface area contributed by atoms with E-state index in [1.54, 1.807) is 11.0 Å². The minimum absolute atomic E-state index is 0.0327. The van der Waals surface area contributed by atoms with Crippen molar-refractivity contribution in [1.29, 1.82) is 0 Å². The van der Waals surface area contributed by atoms with Crippen molar-refractivity contribution in [3.8, 4) is 0 Å². The van der Waals surface area contributed by atoms with E-state index in [0.29, 0.717) is 13.1 Å². The van der Waals surface area contributed by atoms with Gasteiger partial charge in [-0.15, -0.1) is 0 Å². The molecule has 3 N–H and O–H groups in total. The maximum absolute atomic E-state index is 13.7. The van der Waals surface area contributed by atoms with Crippen LogP contribution in [0.15, 0.2) is 54.6 Å². The molecule has 164 valence electrons. The summed E-state index contributed by atoms with van der Waals surface area (Å²) in [6, 6.07) is 14.1. The van der Waals surface area contributed by atoms with Crippen molar-refractivity contribution in [1.82, 2.24) is 15.5 Å². The van der Waals surface area contributed by atoms with Gasteiger partial charge in [0.15, 0.2) is 0 Å². The van der Waals surface area contributed by atoms with Gasteiger partial charge in [0.1, 0.15) is 5.82 Å². The van der Waals surface area contributed by atoms with Crippen LogP contribution in [0.4, 0.5) is 14.9 Å². The number of carbonyl (C=O) groups is 3. The molecule has 1 heterocycles. The standard InChI is InChI=1S/C23H27FN4O3/c24-18-11-5-6-12-19(18)27-23(31)26-16-22(30)28-14-8-2-7-13-25-21(29)15-20(28)17-9-3-1-4-10-17/h1,3-6,9-12,20H,2,7-8,13-16H2,(H,25,29)(H2,26,27,31). The molecule has 2 aromatic rings. The topological polar surface area (TPSA) is 90.5 Å². The van der Waals surface area contributed by atoms with Crippen LogP contribution >= 0.6 is 0 Å². The maximum atomic E-state index is 13.7. The van der Waals surface area contributed by atoms with Crippen molar-refractivity contribution in [3.63, 3.8) is 0 Å². The smallest absolute Gasteiger partial charge is 0.319 e. The zero-order valence-electron chi connectivity index (χ0n) is 17.3. The molecule has 1 atom stereocenters. The first-order valence-electron chi connectivity index (χ1n) is 10.4. The van der Waals surface area contributed by atoms with Crippen LogP contribution in [0, 0.1) is 5.82 Å². The number of amides is 4. The van der Waals surface area contributed by atoms with Crippen LogP contribution in [-0.2, 0) is 9.59 Å². The number of urea groups is 1. The molecular weight excluding hydrogens is 399 g/mol. The molecule has 2 aromatic carbocycles. The highest BCUT2D eigenvalue weighted by Gasteiger charge is 2.28. The molecule has 8 heteroatoms. The van der Waals surface area contributed by atoms with E-state index in [4.69, 9.17) is 0 Å². The first kappa shape index (κ1) is 22.3. The summed E-state index contributed by atoms with van der Waals surface area (Å²) >= 11 is 0. The van der Waals surface area contributed by atoms with Gasteiger partial charge in [-0.05, 0) is 37.0 Å². The second-order valence-electron chi connectivity index (χ2n) is 7.42. The van der Waals surface area contributed by atoms with Gasteiger partial charge in [0, 0.05) is 13.1 Å². The molecule has 1 saturated heterocycles. The van der Waals surface area contributed by atoms with Gasteiger partial charge in [-0.1, -0.05) is 42.5 Å². The Morgan fingerprint density at radius 1 is 1.03 bits per heavy atom. The fraction of sp³-hybridized carbons (Fsp3) is 0.348. The molecule has 0 aromatic heterocycles. The fourth-order valence-electron chi connectivity index (χ4n) is 3.58. The number of hydrogen-bond acceptors (Lipinski definition) is 3. The van der Waals surface area contributed by atoms with Crippen molar-refractivity contribution < 1.29 is 18.8 Å². The van der Waals surface area contributed by atoms with Crippen molar-refractivity contribution in [2.24, 2.45) is 0 Å². The molecule has 3 rings (SSSR count). The number of nitrogens with one attached hydrogen (secondary N) is 3. The van der Waals surface area contributed by atoms with Gasteiger partial charge < -0.3 is 20.9 Å². The molecule has 0 spiro atoms. The van der Waals surface area contributed by atoms with Crippen molar-refractivity contribution in [2.75, 3.05) is 25.0 Å². The highest BCUT2D eigenvalue weighted by molar-refractivity contribution is 5.92. The second kappa shape index (κ2) is 11.1. The van der Waals surface area contributed by atoms with Gasteiger partial charge in [0.25, 0.3) is 0 Å². The summed E-state index contributed by atoms with van der Waals surface area (Å²) in [5.74, 6) is -0.972. The zero-order chi connectivity index (χ0) is 22.1. The number of para-hydroxylation sites is 1. The Hall–Kier alpha value is -3.42. The largest absolute Gasteiger partial charge is 0.356 e. The van der Waals surface area contributed by atoms with Crippen LogP contribution in [0.1, 0.15) is 37.3 Å². The normalized spacial score (nSPS) is 17.4. The summed E-state index contributed by atoms with van der Waals surface area (Å²) in [7, 11) is 0. The lowest BCUT2D eigenvalue weighted by atomic mass is 10.00. The summed E-state index contributed by atoms with van der Waals surface area (Å²) in [5.41, 5.74) is 0.896. The van der Waals surface area contributed by atoms with Crippen molar-refractivity contribution in [3.05, 3.63) is 66.0 Å². The Kier molecular flexibility index (Phi) is 7.98. The van der Waals surface area contributed by atoms with Crippen molar-refractivity contribution in [2.45, 2.75) is 31.7 Å². The third kappa shape index (κ3) is 6.53. The van der Waals surface area contributed by atoms with E-state index in [1.807, 2.05) is 30.3 Å². The van der Waals surface area contributed by atoms with Gasteiger partial charge >= 0.3 is 6.03 Å². The first-order chi connectivity index (χ1) is 15.0. The number of halogens is 1. The van der Waals surface area contributed by atoms with Gasteiger partial charge in [0.2, 0.25) is 11.8 Å². The predicted octanol–water partition coefficient (Wildman–Crippen LogP) is 3.21. The van der Waals surface area contributed by atoms with Crippen molar-refractivity contribution >= 4 is 23.5 Å². The number of benzene rings is 2. The van der Waals surface area contributed by atoms with Crippen LogP contribution in [-0.4, -0.2) is 42.4 Å². The summed E-state index contributed by atoms with van der Waals surface area (Å²) in [4.78, 5) is 39.3. The summed E-state index contributed by atoms with van der Waals surface area (Å²) in [6.07, 6.45) is 2.68. The summed E-state index contributed by atoms with van der Waals surface area (Å²) < 4.78 is 13.7. The average molecular weight is 426 g/mol. The molecule has 0 radical (unpaired) electrons. The Morgan fingerprint density at radius 3 is 2.55 bits per heavy atom. The third-order valence-corrected chi connectivity index (χ3v) is 5.18. The van der Waals surface area contributed by atoms with E-state index < -0.39 is 17.9 Å². The van der Waals surface area contributed by atoms with Gasteiger partial charge in [-0.25, -0.2) is 9.18 Å². The SMILES string of the molecule is O=C1CC(c2ccccc2)N(C(=O)CNC(=O)Nc2ccccc2F)CCCCCN1. The molecule has 1 fully saturated rings. The summed E-state index contributed by atoms with van der Waals surface area (Å²) in [5, 5.41) is 7.80. The van der Waals surface area contributed by atoms with E-state index in [0.717, 1.165) is 24.8 Å². The first-order valence-corrected chi connectivity index (χ1v) is 10.4. The van der Waals surface area contributed by atoms with Gasteiger partial charge in [0.05, 0.1) is 24.7 Å². The van der Waals surface area contributed by atoms with E-state index >= 15 is 0 Å². The van der Waals surface area contributed by atoms with Crippen LogP contribution in [0.2, 0.25) is 0 Å². The molecule has 1 aliphatic rings. The fourth-order valence-corrected chi connectivity index (χ4v) is 3.58. The Morgan fingerprint density at radius 2 is 1.77 bits per heavy atom. The number of carbonyl (C=O) groups excluding carboxylic acids is 3. The molecule has 4 amide bonds. The summed E-state index contributed by atoms with van der Waals surface area (Å²) in [6.45, 7) is 0.861. The Balaban J connectivity index is 1.70. The number of anilines is 1. The van der Waals surface area contributed by atoms with Crippen LogP contribution in [0.25, 0.3) is 0 Å². The lowest BCUT2D eigenvalue weighted by Crippen LogP contribution is -2.45. The van der Waals surface area contributed by atoms with Crippen LogP contribution < -0.4 is 16.0 Å². The van der Waals surface area contributed by atoms with Crippen LogP contribution in [0.5, 0.6) is 0 Å². The number of nitrogens with zero attached hydrogens (tertiary/aromatic N) is 1. The molecular formula is C23H27FN4O3. The van der Waals surface area contributed by atoms with Gasteiger partial charge in [-0.3, -0.25) is 9.59 Å². The molecule has 0 bridgehead atoms. The lowest BCUT2D eigenvalue weighted by Gasteiger charge is -2.33. The molecule has 0 saturated carbocycles. The maximum Gasteiger partial charge on any atom is 0.319 e. The lowest BCUT2D eigenvalue weighted by molar-refractivity contribution is -0.134. The van der Waals surface area contributed by atoms with E-state index in [2.05, 4.69) is 16.0 Å². The Labute approximate surface area is 181 Å². The average Bonchev–Trinajstić information content (AvgIpc) is 2.78. The van der Waals surface area contributed by atoms with E-state index in [1.165, 1.54) is 18.2 Å². The zero-order valence-corrected chi connectivity index (χ0v) is 17.3. The molecule has 1 aliphatic heterocycles. The number of rotatable bonds is 4. The quantitative estimate of drug-likeness (QED) is 0.701. The molecule has 1 unspecified atom stereocenters. The minimum atomic E-state index is -0.673. The second-order valence-corrected chi connectivity index (χ2v) is 7.42. The van der Waals surface area contributed by atoms with Gasteiger partial charge in [-0.2, -0.15) is 0 Å². The highest BCUT2D eigenvalue weighted by atomic mass is 19.1. The minimum Gasteiger partial charge on any atom is -0.356 e. The Bertz CT molecular complexity index is 907. The monoisotopic (exact) mass is 426 g/mol. The third-order valence-electron chi connectivity index (χ3n) is 5.18. The van der Waals surface area contributed by atoms with E-state index in [-0.39, 0.29) is 30.5 Å². The highest BCUT2D eigenvalue weighted by Crippen LogP contribution is 2.26.